The van der Waals surface area contributed by atoms with E-state index in [-0.39, 0.29) is 17.3 Å². The first-order valence-electron chi connectivity index (χ1n) is 6.61. The Morgan fingerprint density at radius 2 is 1.86 bits per heavy atom. The van der Waals surface area contributed by atoms with Crippen LogP contribution in [0.2, 0.25) is 0 Å². The summed E-state index contributed by atoms with van der Waals surface area (Å²) in [4.78, 5) is 23.7. The van der Waals surface area contributed by atoms with Crippen molar-refractivity contribution in [2.75, 3.05) is 24.2 Å². The van der Waals surface area contributed by atoms with Gasteiger partial charge in [0.25, 0.3) is 0 Å². The lowest BCUT2D eigenvalue weighted by Crippen LogP contribution is -2.43. The number of hydrogen-bond acceptors (Lipinski definition) is 5. The molecule has 0 heterocycles. The van der Waals surface area contributed by atoms with Crippen LogP contribution in [0.3, 0.4) is 0 Å². The van der Waals surface area contributed by atoms with E-state index in [4.69, 9.17) is 0 Å². The Balaban J connectivity index is 3.25. The van der Waals surface area contributed by atoms with Crippen molar-refractivity contribution in [3.8, 4) is 0 Å². The quantitative estimate of drug-likeness (QED) is 0.778. The second-order valence-corrected chi connectivity index (χ2v) is 6.91. The van der Waals surface area contributed by atoms with Crippen LogP contribution in [0, 0.1) is 0 Å². The number of benzene rings is 1. The number of amides is 1. The Hall–Kier alpha value is -2.09. The summed E-state index contributed by atoms with van der Waals surface area (Å²) < 4.78 is 29.6. The first-order valence-corrected chi connectivity index (χ1v) is 8.46. The summed E-state index contributed by atoms with van der Waals surface area (Å²) in [6.45, 7) is 3.13. The molecule has 22 heavy (non-hydrogen) atoms. The van der Waals surface area contributed by atoms with Crippen LogP contribution in [-0.4, -0.2) is 46.2 Å². The molecule has 1 amide bonds. The van der Waals surface area contributed by atoms with E-state index in [9.17, 15) is 18.0 Å². The predicted molar refractivity (Wildman–Crippen MR) is 83.3 cm³/mol. The lowest BCUT2D eigenvalue weighted by molar-refractivity contribution is -0.120. The molecule has 0 fully saturated rings. The predicted octanol–water partition coefficient (Wildman–Crippen LogP) is 0.764. The Bertz CT molecular complexity index is 655. The molecule has 1 aromatic carbocycles. The molecular formula is C14H20N2O5S. The highest BCUT2D eigenvalue weighted by molar-refractivity contribution is 7.92. The molecule has 7 nitrogen and oxygen atoms in total. The number of rotatable bonds is 6. The van der Waals surface area contributed by atoms with Crippen LogP contribution in [-0.2, 0) is 19.6 Å². The van der Waals surface area contributed by atoms with E-state index in [0.717, 1.165) is 10.6 Å². The highest BCUT2D eigenvalue weighted by Gasteiger charge is 2.25. The lowest BCUT2D eigenvalue weighted by atomic mass is 10.2. The molecule has 0 aliphatic rings. The molecule has 0 unspecified atom stereocenters. The highest BCUT2D eigenvalue weighted by atomic mass is 32.2. The highest BCUT2D eigenvalue weighted by Crippen LogP contribution is 2.23. The number of hydrogen-bond donors (Lipinski definition) is 1. The van der Waals surface area contributed by atoms with Gasteiger partial charge in [-0.3, -0.25) is 9.10 Å². The molecule has 0 radical (unpaired) electrons. The van der Waals surface area contributed by atoms with Crippen molar-refractivity contribution in [1.29, 1.82) is 0 Å². The van der Waals surface area contributed by atoms with Crippen molar-refractivity contribution in [2.24, 2.45) is 0 Å². The average Bonchev–Trinajstić information content (AvgIpc) is 2.42. The van der Waals surface area contributed by atoms with Gasteiger partial charge in [0.1, 0.15) is 6.54 Å². The smallest absolute Gasteiger partial charge is 0.340 e. The lowest BCUT2D eigenvalue weighted by Gasteiger charge is -2.24. The zero-order valence-electron chi connectivity index (χ0n) is 13.0. The van der Waals surface area contributed by atoms with Crippen LogP contribution in [0.25, 0.3) is 0 Å². The van der Waals surface area contributed by atoms with Gasteiger partial charge in [0, 0.05) is 6.04 Å². The van der Waals surface area contributed by atoms with Gasteiger partial charge in [-0.05, 0) is 26.0 Å². The SMILES string of the molecule is COC(=O)c1ccccc1N(CC(=O)NC(C)C)S(C)(=O)=O. The Morgan fingerprint density at radius 3 is 2.36 bits per heavy atom. The summed E-state index contributed by atoms with van der Waals surface area (Å²) in [5.41, 5.74) is 0.184. The van der Waals surface area contributed by atoms with Gasteiger partial charge in [-0.1, -0.05) is 12.1 Å². The molecule has 1 rings (SSSR count). The van der Waals surface area contributed by atoms with Crippen LogP contribution >= 0.6 is 0 Å². The molecule has 0 aliphatic heterocycles. The number of nitrogens with zero attached hydrogens (tertiary/aromatic N) is 1. The molecular weight excluding hydrogens is 308 g/mol. The summed E-state index contributed by atoms with van der Waals surface area (Å²) in [7, 11) is -2.54. The summed E-state index contributed by atoms with van der Waals surface area (Å²) >= 11 is 0. The zero-order valence-corrected chi connectivity index (χ0v) is 13.8. The Morgan fingerprint density at radius 1 is 1.27 bits per heavy atom. The van der Waals surface area contributed by atoms with Crippen LogP contribution in [0.15, 0.2) is 24.3 Å². The van der Waals surface area contributed by atoms with E-state index in [0.29, 0.717) is 0 Å². The van der Waals surface area contributed by atoms with Crippen molar-refractivity contribution in [3.05, 3.63) is 29.8 Å². The normalized spacial score (nSPS) is 11.1. The maximum Gasteiger partial charge on any atom is 0.340 e. The van der Waals surface area contributed by atoms with E-state index in [1.54, 1.807) is 26.0 Å². The van der Waals surface area contributed by atoms with Crippen molar-refractivity contribution < 1.29 is 22.7 Å². The van der Waals surface area contributed by atoms with Gasteiger partial charge >= 0.3 is 5.97 Å². The van der Waals surface area contributed by atoms with Crippen LogP contribution < -0.4 is 9.62 Å². The first-order chi connectivity index (χ1) is 10.2. The number of para-hydroxylation sites is 1. The van der Waals surface area contributed by atoms with Gasteiger partial charge in [0.05, 0.1) is 24.6 Å². The number of esters is 1. The number of ether oxygens (including phenoxy) is 1. The number of carbonyl (C=O) groups excluding carboxylic acids is 2. The van der Waals surface area contributed by atoms with Crippen LogP contribution in [0.4, 0.5) is 5.69 Å². The molecule has 1 aromatic rings. The summed E-state index contributed by atoms with van der Waals surface area (Å²) in [6, 6.07) is 5.95. The number of nitrogens with one attached hydrogen (secondary N) is 1. The van der Waals surface area contributed by atoms with Crippen molar-refractivity contribution >= 4 is 27.6 Å². The van der Waals surface area contributed by atoms with Crippen molar-refractivity contribution in [1.82, 2.24) is 5.32 Å². The summed E-state index contributed by atoms with van der Waals surface area (Å²) in [5, 5.41) is 2.62. The maximum atomic E-state index is 12.0. The molecule has 0 saturated carbocycles. The van der Waals surface area contributed by atoms with Gasteiger partial charge < -0.3 is 10.1 Å². The average molecular weight is 328 g/mol. The maximum absolute atomic E-state index is 12.0. The Labute approximate surface area is 130 Å². The standard InChI is InChI=1S/C14H20N2O5S/c1-10(2)15-13(17)9-16(22(4,19)20)12-8-6-5-7-11(12)14(18)21-3/h5-8,10H,9H2,1-4H3,(H,15,17). The third-order valence-corrected chi connectivity index (χ3v) is 3.84. The van der Waals surface area contributed by atoms with E-state index in [2.05, 4.69) is 10.1 Å². The number of anilines is 1. The molecule has 122 valence electrons. The van der Waals surface area contributed by atoms with Crippen molar-refractivity contribution in [3.63, 3.8) is 0 Å². The second kappa shape index (κ2) is 7.26. The van der Waals surface area contributed by atoms with Gasteiger partial charge in [-0.15, -0.1) is 0 Å². The monoisotopic (exact) mass is 328 g/mol. The fraction of sp³-hybridized carbons (Fsp3) is 0.429. The van der Waals surface area contributed by atoms with E-state index in [1.807, 2.05) is 0 Å². The van der Waals surface area contributed by atoms with Gasteiger partial charge in [-0.25, -0.2) is 13.2 Å². The molecule has 0 aromatic heterocycles. The summed E-state index contributed by atoms with van der Waals surface area (Å²) in [5.74, 6) is -1.13. The van der Waals surface area contributed by atoms with Gasteiger partial charge in [0.15, 0.2) is 0 Å². The third kappa shape index (κ3) is 4.73. The molecule has 8 heteroatoms. The number of sulfonamides is 1. The second-order valence-electron chi connectivity index (χ2n) is 5.00. The Kier molecular flexibility index (Phi) is 5.92. The van der Waals surface area contributed by atoms with Crippen LogP contribution in [0.5, 0.6) is 0 Å². The van der Waals surface area contributed by atoms with Gasteiger partial charge in [-0.2, -0.15) is 0 Å². The van der Waals surface area contributed by atoms with E-state index >= 15 is 0 Å². The number of methoxy groups -OCH3 is 1. The minimum Gasteiger partial charge on any atom is -0.465 e. The van der Waals surface area contributed by atoms with Gasteiger partial charge in [0.2, 0.25) is 15.9 Å². The topological polar surface area (TPSA) is 92.8 Å². The van der Waals surface area contributed by atoms with E-state index in [1.165, 1.54) is 19.2 Å². The zero-order chi connectivity index (χ0) is 16.9. The molecule has 0 spiro atoms. The molecule has 0 aliphatic carbocycles. The molecule has 0 atom stereocenters. The largest absolute Gasteiger partial charge is 0.465 e. The minimum atomic E-state index is -3.75. The fourth-order valence-corrected chi connectivity index (χ4v) is 2.72. The molecule has 0 saturated heterocycles. The van der Waals surface area contributed by atoms with Crippen molar-refractivity contribution in [2.45, 2.75) is 19.9 Å². The molecule has 1 N–H and O–H groups in total. The number of carbonyl (C=O) groups is 2. The van der Waals surface area contributed by atoms with E-state index < -0.39 is 28.4 Å². The minimum absolute atomic E-state index is 0.0766. The third-order valence-electron chi connectivity index (χ3n) is 2.72. The molecule has 0 bridgehead atoms. The van der Waals surface area contributed by atoms with Crippen LogP contribution in [0.1, 0.15) is 24.2 Å². The fourth-order valence-electron chi connectivity index (χ4n) is 1.85. The summed E-state index contributed by atoms with van der Waals surface area (Å²) in [6.07, 6.45) is 0.976. The first kappa shape index (κ1) is 18.0.